The Kier molecular flexibility index (Phi) is 5.95. The summed E-state index contributed by atoms with van der Waals surface area (Å²) in [5, 5.41) is 12.3. The van der Waals surface area contributed by atoms with Crippen LogP contribution in [0.2, 0.25) is 0 Å². The van der Waals surface area contributed by atoms with Gasteiger partial charge in [-0.1, -0.05) is 41.5 Å². The Morgan fingerprint density at radius 3 is 2.35 bits per heavy atom. The number of amides is 1. The fraction of sp³-hybridized carbons (Fsp3) is 0.500. The van der Waals surface area contributed by atoms with E-state index in [-0.39, 0.29) is 34.8 Å². The summed E-state index contributed by atoms with van der Waals surface area (Å²) in [6, 6.07) is 7.16. The third-order valence-corrected chi connectivity index (χ3v) is 6.16. The Morgan fingerprint density at radius 2 is 1.84 bits per heavy atom. The first kappa shape index (κ1) is 22.5. The minimum atomic E-state index is -0.328. The van der Waals surface area contributed by atoms with E-state index >= 15 is 0 Å². The van der Waals surface area contributed by atoms with Gasteiger partial charge in [0.25, 0.3) is 5.91 Å². The van der Waals surface area contributed by atoms with Crippen molar-refractivity contribution in [3.8, 4) is 17.6 Å². The number of methoxy groups -OCH3 is 1. The largest absolute Gasteiger partial charge is 0.495 e. The maximum atomic E-state index is 12.8. The molecule has 1 aliphatic carbocycles. The van der Waals surface area contributed by atoms with E-state index in [0.717, 1.165) is 5.69 Å². The SMILES string of the molecule is COc1cc(OC2C(C)(C)C(NC(=O)c3cnc(C(C)C)cn3)C2(C)C)ccc1C#N. The van der Waals surface area contributed by atoms with Gasteiger partial charge in [-0.25, -0.2) is 4.98 Å². The molecule has 7 heteroatoms. The Labute approximate surface area is 183 Å². The molecule has 0 saturated heterocycles. The number of hydrogen-bond acceptors (Lipinski definition) is 6. The molecule has 1 N–H and O–H groups in total. The fourth-order valence-electron chi connectivity index (χ4n) is 4.73. The quantitative estimate of drug-likeness (QED) is 0.753. The maximum absolute atomic E-state index is 12.8. The van der Waals surface area contributed by atoms with Crippen LogP contribution < -0.4 is 14.8 Å². The molecule has 3 rings (SSSR count). The lowest BCUT2D eigenvalue weighted by Crippen LogP contribution is -2.74. The number of benzene rings is 1. The number of rotatable bonds is 6. The second-order valence-electron chi connectivity index (χ2n) is 9.50. The molecule has 0 radical (unpaired) electrons. The van der Waals surface area contributed by atoms with Crippen molar-refractivity contribution in [3.63, 3.8) is 0 Å². The summed E-state index contributed by atoms with van der Waals surface area (Å²) in [6.07, 6.45) is 3.03. The number of aromatic nitrogens is 2. The normalized spacial score (nSPS) is 21.0. The van der Waals surface area contributed by atoms with E-state index in [1.807, 2.05) is 13.8 Å². The van der Waals surface area contributed by atoms with Crippen LogP contribution in [-0.4, -0.2) is 35.1 Å². The fourth-order valence-corrected chi connectivity index (χ4v) is 4.73. The zero-order chi connectivity index (χ0) is 23.0. The second kappa shape index (κ2) is 8.18. The summed E-state index contributed by atoms with van der Waals surface area (Å²) >= 11 is 0. The van der Waals surface area contributed by atoms with Gasteiger partial charge in [0.2, 0.25) is 0 Å². The number of hydrogen-bond donors (Lipinski definition) is 1. The number of nitriles is 1. The lowest BCUT2D eigenvalue weighted by molar-refractivity contribution is -0.164. The molecular formula is C24H30N4O3. The molecule has 1 aliphatic rings. The lowest BCUT2D eigenvalue weighted by Gasteiger charge is -2.63. The van der Waals surface area contributed by atoms with Gasteiger partial charge >= 0.3 is 0 Å². The third kappa shape index (κ3) is 4.07. The molecule has 1 aromatic carbocycles. The van der Waals surface area contributed by atoms with Crippen LogP contribution in [0.5, 0.6) is 11.5 Å². The molecule has 2 aromatic rings. The van der Waals surface area contributed by atoms with Gasteiger partial charge in [0.1, 0.15) is 29.4 Å². The van der Waals surface area contributed by atoms with E-state index in [1.54, 1.807) is 24.4 Å². The molecule has 1 amide bonds. The van der Waals surface area contributed by atoms with E-state index in [2.05, 4.69) is 49.0 Å². The summed E-state index contributed by atoms with van der Waals surface area (Å²) in [4.78, 5) is 21.4. The zero-order valence-electron chi connectivity index (χ0n) is 19.2. The Morgan fingerprint density at radius 1 is 1.16 bits per heavy atom. The van der Waals surface area contributed by atoms with Crippen LogP contribution in [0.4, 0.5) is 0 Å². The molecule has 1 heterocycles. The predicted octanol–water partition coefficient (Wildman–Crippen LogP) is 4.09. The number of ether oxygens (including phenoxy) is 2. The lowest BCUT2D eigenvalue weighted by atomic mass is 9.49. The van der Waals surface area contributed by atoms with Crippen LogP contribution in [0.1, 0.15) is 69.2 Å². The van der Waals surface area contributed by atoms with Crippen molar-refractivity contribution in [2.75, 3.05) is 7.11 Å². The number of nitrogens with zero attached hydrogens (tertiary/aromatic N) is 3. The summed E-state index contributed by atoms with van der Waals surface area (Å²) in [5.41, 5.74) is 0.957. The maximum Gasteiger partial charge on any atom is 0.271 e. The average Bonchev–Trinajstić information content (AvgIpc) is 2.74. The summed E-state index contributed by atoms with van der Waals surface area (Å²) in [6.45, 7) is 12.4. The molecular weight excluding hydrogens is 392 g/mol. The van der Waals surface area contributed by atoms with Crippen LogP contribution in [0.25, 0.3) is 0 Å². The van der Waals surface area contributed by atoms with Gasteiger partial charge in [-0.05, 0) is 18.1 Å². The number of carbonyl (C=O) groups is 1. The highest BCUT2D eigenvalue weighted by molar-refractivity contribution is 5.92. The van der Waals surface area contributed by atoms with E-state index in [9.17, 15) is 10.1 Å². The van der Waals surface area contributed by atoms with Crippen molar-refractivity contribution >= 4 is 5.91 Å². The summed E-state index contributed by atoms with van der Waals surface area (Å²) in [7, 11) is 1.53. The molecule has 164 valence electrons. The van der Waals surface area contributed by atoms with Crippen LogP contribution in [-0.2, 0) is 0 Å². The van der Waals surface area contributed by atoms with E-state index in [1.165, 1.54) is 13.3 Å². The van der Waals surface area contributed by atoms with Crippen molar-refractivity contribution in [1.82, 2.24) is 15.3 Å². The third-order valence-electron chi connectivity index (χ3n) is 6.16. The van der Waals surface area contributed by atoms with E-state index in [4.69, 9.17) is 9.47 Å². The number of nitrogens with one attached hydrogen (secondary N) is 1. The monoisotopic (exact) mass is 422 g/mol. The Hall–Kier alpha value is -3.14. The van der Waals surface area contributed by atoms with Crippen LogP contribution in [0.15, 0.2) is 30.6 Å². The van der Waals surface area contributed by atoms with Crippen molar-refractivity contribution in [1.29, 1.82) is 5.26 Å². The first-order valence-electron chi connectivity index (χ1n) is 10.4. The standard InChI is InChI=1S/C24H30N4O3/c1-14(2)17-12-27-18(13-26-17)20(29)28-21-23(3,4)22(24(21,5)6)31-16-9-8-15(11-25)19(10-16)30-7/h8-10,12-14,21-22H,1-7H3,(H,28,29). The molecule has 0 atom stereocenters. The predicted molar refractivity (Wildman–Crippen MR) is 117 cm³/mol. The zero-order valence-corrected chi connectivity index (χ0v) is 19.2. The van der Waals surface area contributed by atoms with Gasteiger partial charge in [0, 0.05) is 29.1 Å². The smallest absolute Gasteiger partial charge is 0.271 e. The average molecular weight is 423 g/mol. The van der Waals surface area contributed by atoms with Crippen molar-refractivity contribution in [2.45, 2.75) is 59.6 Å². The van der Waals surface area contributed by atoms with Crippen LogP contribution in [0, 0.1) is 22.2 Å². The van der Waals surface area contributed by atoms with Crippen molar-refractivity contribution in [2.24, 2.45) is 10.8 Å². The molecule has 1 saturated carbocycles. The van der Waals surface area contributed by atoms with Crippen molar-refractivity contribution in [3.05, 3.63) is 47.5 Å². The molecule has 0 spiro atoms. The summed E-state index contributed by atoms with van der Waals surface area (Å²) in [5.74, 6) is 1.12. The molecule has 0 bridgehead atoms. The molecule has 1 fully saturated rings. The Bertz CT molecular complexity index is 990. The number of carbonyl (C=O) groups excluding carboxylic acids is 1. The van der Waals surface area contributed by atoms with Crippen molar-refractivity contribution < 1.29 is 14.3 Å². The molecule has 31 heavy (non-hydrogen) atoms. The van der Waals surface area contributed by atoms with Gasteiger partial charge in [-0.15, -0.1) is 0 Å². The first-order valence-corrected chi connectivity index (χ1v) is 10.4. The highest BCUT2D eigenvalue weighted by atomic mass is 16.5. The van der Waals surface area contributed by atoms with Gasteiger partial charge in [0.15, 0.2) is 0 Å². The second-order valence-corrected chi connectivity index (χ2v) is 9.50. The summed E-state index contributed by atoms with van der Waals surface area (Å²) < 4.78 is 11.6. The van der Waals surface area contributed by atoms with E-state index in [0.29, 0.717) is 22.8 Å². The van der Waals surface area contributed by atoms with Gasteiger partial charge in [0.05, 0.1) is 24.6 Å². The molecule has 7 nitrogen and oxygen atoms in total. The first-order chi connectivity index (χ1) is 14.5. The van der Waals surface area contributed by atoms with E-state index < -0.39 is 0 Å². The molecule has 1 aromatic heterocycles. The van der Waals surface area contributed by atoms with Gasteiger partial charge in [-0.3, -0.25) is 9.78 Å². The van der Waals surface area contributed by atoms with Crippen LogP contribution >= 0.6 is 0 Å². The molecule has 0 aliphatic heterocycles. The highest BCUT2D eigenvalue weighted by Gasteiger charge is 2.64. The Balaban J connectivity index is 1.75. The van der Waals surface area contributed by atoms with Gasteiger partial charge in [-0.2, -0.15) is 5.26 Å². The van der Waals surface area contributed by atoms with Crippen LogP contribution in [0.3, 0.4) is 0 Å². The minimum absolute atomic E-state index is 0.121. The molecule has 0 unspecified atom stereocenters. The van der Waals surface area contributed by atoms with Gasteiger partial charge < -0.3 is 14.8 Å². The topological polar surface area (TPSA) is 97.1 Å². The minimum Gasteiger partial charge on any atom is -0.495 e. The highest BCUT2D eigenvalue weighted by Crippen LogP contribution is 2.55.